The van der Waals surface area contributed by atoms with Crippen LogP contribution in [0, 0.1) is 6.92 Å². The molecule has 0 aliphatic rings. The van der Waals surface area contributed by atoms with E-state index < -0.39 is 0 Å². The summed E-state index contributed by atoms with van der Waals surface area (Å²) in [6, 6.07) is 9.91. The Hall–Kier alpha value is -2.69. The minimum absolute atomic E-state index is 0.425. The maximum absolute atomic E-state index is 5.85. The standard InChI is InChI=1S/C15H14N4O/c1-10-4-2-3-5-11(10)8-14-18-15(20-19-14)12-6-7-17-9-13(12)16/h2-7,9H,8,16H2,1H3. The highest BCUT2D eigenvalue weighted by molar-refractivity contribution is 5.68. The van der Waals surface area contributed by atoms with Gasteiger partial charge in [0.1, 0.15) is 0 Å². The highest BCUT2D eigenvalue weighted by Crippen LogP contribution is 2.23. The summed E-state index contributed by atoms with van der Waals surface area (Å²) in [5, 5.41) is 4.01. The topological polar surface area (TPSA) is 77.8 Å². The predicted octanol–water partition coefficient (Wildman–Crippen LogP) is 2.61. The fourth-order valence-electron chi connectivity index (χ4n) is 2.02. The van der Waals surface area contributed by atoms with Crippen LogP contribution in [0.15, 0.2) is 47.2 Å². The van der Waals surface area contributed by atoms with E-state index in [-0.39, 0.29) is 0 Å². The monoisotopic (exact) mass is 266 g/mol. The number of rotatable bonds is 3. The summed E-state index contributed by atoms with van der Waals surface area (Å²) >= 11 is 0. The molecule has 0 radical (unpaired) electrons. The molecule has 100 valence electrons. The number of nitrogens with zero attached hydrogens (tertiary/aromatic N) is 3. The fourth-order valence-corrected chi connectivity index (χ4v) is 2.02. The summed E-state index contributed by atoms with van der Waals surface area (Å²) in [5.74, 6) is 1.07. The van der Waals surface area contributed by atoms with Crippen molar-refractivity contribution in [3.05, 3.63) is 59.7 Å². The largest absolute Gasteiger partial charge is 0.397 e. The molecule has 0 aliphatic heterocycles. The van der Waals surface area contributed by atoms with Gasteiger partial charge >= 0.3 is 0 Å². The van der Waals surface area contributed by atoms with Crippen molar-refractivity contribution in [3.63, 3.8) is 0 Å². The van der Waals surface area contributed by atoms with E-state index in [1.807, 2.05) is 12.1 Å². The molecule has 2 N–H and O–H groups in total. The summed E-state index contributed by atoms with van der Waals surface area (Å²) in [6.07, 6.45) is 3.86. The van der Waals surface area contributed by atoms with Crippen molar-refractivity contribution in [3.8, 4) is 11.5 Å². The van der Waals surface area contributed by atoms with Crippen LogP contribution in [0.2, 0.25) is 0 Å². The van der Waals surface area contributed by atoms with Gasteiger partial charge < -0.3 is 10.3 Å². The van der Waals surface area contributed by atoms with Crippen molar-refractivity contribution in [2.24, 2.45) is 0 Å². The molecule has 0 fully saturated rings. The molecule has 1 aromatic carbocycles. The van der Waals surface area contributed by atoms with E-state index in [0.29, 0.717) is 29.4 Å². The van der Waals surface area contributed by atoms with Crippen molar-refractivity contribution in [2.75, 3.05) is 5.73 Å². The zero-order valence-corrected chi connectivity index (χ0v) is 11.1. The maximum atomic E-state index is 5.85. The smallest absolute Gasteiger partial charge is 0.260 e. The van der Waals surface area contributed by atoms with Gasteiger partial charge in [-0.2, -0.15) is 4.98 Å². The highest BCUT2D eigenvalue weighted by atomic mass is 16.5. The average molecular weight is 266 g/mol. The zero-order chi connectivity index (χ0) is 13.9. The third-order valence-corrected chi connectivity index (χ3v) is 3.16. The van der Waals surface area contributed by atoms with Crippen LogP contribution < -0.4 is 5.73 Å². The lowest BCUT2D eigenvalue weighted by Crippen LogP contribution is -1.94. The highest BCUT2D eigenvalue weighted by Gasteiger charge is 2.12. The lowest BCUT2D eigenvalue weighted by atomic mass is 10.1. The maximum Gasteiger partial charge on any atom is 0.260 e. The molecule has 0 unspecified atom stereocenters. The number of nitrogens with two attached hydrogens (primary N) is 1. The van der Waals surface area contributed by atoms with Gasteiger partial charge in [0, 0.05) is 12.6 Å². The van der Waals surface area contributed by atoms with Crippen molar-refractivity contribution in [1.29, 1.82) is 0 Å². The molecule has 0 spiro atoms. The van der Waals surface area contributed by atoms with Crippen LogP contribution in [0.4, 0.5) is 5.69 Å². The van der Waals surface area contributed by atoms with Crippen LogP contribution in [0.3, 0.4) is 0 Å². The Labute approximate surface area is 116 Å². The van der Waals surface area contributed by atoms with Gasteiger partial charge in [0.25, 0.3) is 5.89 Å². The number of pyridine rings is 1. The molecule has 5 nitrogen and oxygen atoms in total. The van der Waals surface area contributed by atoms with Crippen molar-refractivity contribution in [1.82, 2.24) is 15.1 Å². The van der Waals surface area contributed by atoms with E-state index in [1.54, 1.807) is 18.5 Å². The lowest BCUT2D eigenvalue weighted by molar-refractivity contribution is 0.424. The van der Waals surface area contributed by atoms with E-state index in [9.17, 15) is 0 Å². The predicted molar refractivity (Wildman–Crippen MR) is 75.9 cm³/mol. The van der Waals surface area contributed by atoms with Gasteiger partial charge in [-0.25, -0.2) is 0 Å². The number of nitrogen functional groups attached to an aromatic ring is 1. The van der Waals surface area contributed by atoms with Crippen molar-refractivity contribution in [2.45, 2.75) is 13.3 Å². The van der Waals surface area contributed by atoms with E-state index in [0.717, 1.165) is 0 Å². The molecule has 0 amide bonds. The van der Waals surface area contributed by atoms with E-state index in [1.165, 1.54) is 11.1 Å². The molecule has 2 aromatic heterocycles. The third kappa shape index (κ3) is 2.38. The number of benzene rings is 1. The van der Waals surface area contributed by atoms with Crippen LogP contribution >= 0.6 is 0 Å². The molecule has 3 aromatic rings. The molecule has 2 heterocycles. The van der Waals surface area contributed by atoms with Gasteiger partial charge in [0.2, 0.25) is 0 Å². The molecule has 0 saturated carbocycles. The molecule has 5 heteroatoms. The Morgan fingerprint density at radius 3 is 2.85 bits per heavy atom. The number of anilines is 1. The summed E-state index contributed by atoms with van der Waals surface area (Å²) in [6.45, 7) is 2.07. The van der Waals surface area contributed by atoms with E-state index >= 15 is 0 Å². The minimum atomic E-state index is 0.425. The number of hydrogen-bond acceptors (Lipinski definition) is 5. The van der Waals surface area contributed by atoms with Gasteiger partial charge in [-0.05, 0) is 24.1 Å². The first-order valence-corrected chi connectivity index (χ1v) is 6.31. The fraction of sp³-hybridized carbons (Fsp3) is 0.133. The van der Waals surface area contributed by atoms with Gasteiger partial charge in [0.15, 0.2) is 5.82 Å². The van der Waals surface area contributed by atoms with Crippen LogP contribution in [0.25, 0.3) is 11.5 Å². The molecular weight excluding hydrogens is 252 g/mol. The van der Waals surface area contributed by atoms with Crippen LogP contribution in [-0.2, 0) is 6.42 Å². The second-order valence-corrected chi connectivity index (χ2v) is 4.58. The van der Waals surface area contributed by atoms with Crippen molar-refractivity contribution < 1.29 is 4.52 Å². The molecule has 0 aliphatic carbocycles. The molecule has 0 saturated heterocycles. The Morgan fingerprint density at radius 2 is 2.05 bits per heavy atom. The van der Waals surface area contributed by atoms with Gasteiger partial charge in [-0.15, -0.1) is 0 Å². The van der Waals surface area contributed by atoms with Gasteiger partial charge in [0.05, 0.1) is 17.4 Å². The van der Waals surface area contributed by atoms with Crippen LogP contribution in [0.5, 0.6) is 0 Å². The van der Waals surface area contributed by atoms with Crippen LogP contribution in [-0.4, -0.2) is 15.1 Å². The SMILES string of the molecule is Cc1ccccc1Cc1noc(-c2ccncc2N)n1. The second kappa shape index (κ2) is 5.13. The first-order valence-electron chi connectivity index (χ1n) is 6.31. The molecular formula is C15H14N4O. The molecule has 0 bridgehead atoms. The summed E-state index contributed by atoms with van der Waals surface area (Å²) in [4.78, 5) is 8.33. The van der Waals surface area contributed by atoms with E-state index in [2.05, 4.69) is 34.2 Å². The van der Waals surface area contributed by atoms with Gasteiger partial charge in [-0.3, -0.25) is 4.98 Å². The Bertz CT molecular complexity index is 736. The zero-order valence-electron chi connectivity index (χ0n) is 11.1. The number of hydrogen-bond donors (Lipinski definition) is 1. The third-order valence-electron chi connectivity index (χ3n) is 3.16. The number of aromatic nitrogens is 3. The average Bonchev–Trinajstić information content (AvgIpc) is 2.90. The Kier molecular flexibility index (Phi) is 3.16. The Morgan fingerprint density at radius 1 is 1.20 bits per heavy atom. The molecule has 3 rings (SSSR count). The first-order chi connectivity index (χ1) is 9.74. The lowest BCUT2D eigenvalue weighted by Gasteiger charge is -2.01. The molecule has 20 heavy (non-hydrogen) atoms. The summed E-state index contributed by atoms with van der Waals surface area (Å²) in [5.41, 5.74) is 9.48. The van der Waals surface area contributed by atoms with Gasteiger partial charge in [-0.1, -0.05) is 29.4 Å². The molecule has 0 atom stereocenters. The minimum Gasteiger partial charge on any atom is -0.397 e. The van der Waals surface area contributed by atoms with E-state index in [4.69, 9.17) is 10.3 Å². The van der Waals surface area contributed by atoms with Crippen LogP contribution in [0.1, 0.15) is 17.0 Å². The quantitative estimate of drug-likeness (QED) is 0.788. The Balaban J connectivity index is 1.88. The summed E-state index contributed by atoms with van der Waals surface area (Å²) < 4.78 is 5.27. The van der Waals surface area contributed by atoms with Crippen molar-refractivity contribution >= 4 is 5.69 Å². The second-order valence-electron chi connectivity index (χ2n) is 4.58. The normalized spacial score (nSPS) is 10.7. The first kappa shape index (κ1) is 12.3. The number of aryl methyl sites for hydroxylation is 1. The summed E-state index contributed by atoms with van der Waals surface area (Å²) in [7, 11) is 0.